The smallest absolute Gasteiger partial charge is 0.106 e. The molecule has 3 heteroatoms. The molecule has 1 rings (SSSR count). The summed E-state index contributed by atoms with van der Waals surface area (Å²) < 4.78 is 0. The molecule has 1 unspecified atom stereocenters. The Kier molecular flexibility index (Phi) is 3.14. The summed E-state index contributed by atoms with van der Waals surface area (Å²) >= 11 is 0. The van der Waals surface area contributed by atoms with E-state index in [0.717, 1.165) is 6.42 Å². The van der Waals surface area contributed by atoms with Crippen molar-refractivity contribution in [2.45, 2.75) is 25.4 Å². The summed E-state index contributed by atoms with van der Waals surface area (Å²) in [6, 6.07) is 0. The maximum Gasteiger partial charge on any atom is 0.106 e. The number of hydrogen-bond donors (Lipinski definition) is 1. The van der Waals surface area contributed by atoms with Crippen molar-refractivity contribution in [3.05, 3.63) is 36.9 Å². The first-order valence-corrected chi connectivity index (χ1v) is 4.26. The van der Waals surface area contributed by atoms with Gasteiger partial charge in [0.1, 0.15) is 5.60 Å². The molecule has 0 fully saturated rings. The molecule has 0 amide bonds. The largest absolute Gasteiger partial charge is 0.384 e. The van der Waals surface area contributed by atoms with Crippen LogP contribution in [0.1, 0.15) is 25.5 Å². The fraction of sp³-hybridized carbons (Fsp3) is 0.400. The van der Waals surface area contributed by atoms with Crippen LogP contribution >= 0.6 is 0 Å². The van der Waals surface area contributed by atoms with Crippen molar-refractivity contribution in [3.8, 4) is 0 Å². The minimum Gasteiger partial charge on any atom is -0.384 e. The Bertz CT molecular complexity index is 270. The third-order valence-electron chi connectivity index (χ3n) is 1.95. The second kappa shape index (κ2) is 4.14. The number of rotatable bonds is 4. The molecule has 0 saturated heterocycles. The van der Waals surface area contributed by atoms with E-state index in [0.29, 0.717) is 12.1 Å². The van der Waals surface area contributed by atoms with E-state index < -0.39 is 5.60 Å². The summed E-state index contributed by atoms with van der Waals surface area (Å²) in [5, 5.41) is 9.97. The van der Waals surface area contributed by atoms with Crippen LogP contribution in [-0.4, -0.2) is 15.1 Å². The number of nitrogens with zero attached hydrogens (tertiary/aromatic N) is 2. The maximum atomic E-state index is 9.97. The van der Waals surface area contributed by atoms with Gasteiger partial charge in [0.15, 0.2) is 0 Å². The highest BCUT2D eigenvalue weighted by atomic mass is 16.3. The zero-order chi connectivity index (χ0) is 9.73. The molecular weight excluding hydrogens is 164 g/mol. The lowest BCUT2D eigenvalue weighted by Crippen LogP contribution is -2.22. The van der Waals surface area contributed by atoms with Crippen molar-refractivity contribution in [3.63, 3.8) is 0 Å². The molecule has 70 valence electrons. The highest BCUT2D eigenvalue weighted by molar-refractivity contribution is 5.06. The molecule has 13 heavy (non-hydrogen) atoms. The van der Waals surface area contributed by atoms with E-state index in [2.05, 4.69) is 16.5 Å². The van der Waals surface area contributed by atoms with Crippen molar-refractivity contribution >= 4 is 0 Å². The van der Waals surface area contributed by atoms with Gasteiger partial charge in [-0.3, -0.25) is 9.97 Å². The van der Waals surface area contributed by atoms with E-state index in [1.807, 2.05) is 0 Å². The van der Waals surface area contributed by atoms with Crippen LogP contribution in [0.5, 0.6) is 0 Å². The molecule has 0 aliphatic carbocycles. The fourth-order valence-corrected chi connectivity index (χ4v) is 1.09. The summed E-state index contributed by atoms with van der Waals surface area (Å²) in [7, 11) is 0. The van der Waals surface area contributed by atoms with Gasteiger partial charge in [0.05, 0.1) is 11.9 Å². The van der Waals surface area contributed by atoms with Crippen molar-refractivity contribution < 1.29 is 5.11 Å². The van der Waals surface area contributed by atoms with Gasteiger partial charge in [-0.15, -0.1) is 6.58 Å². The Morgan fingerprint density at radius 1 is 1.62 bits per heavy atom. The van der Waals surface area contributed by atoms with Crippen LogP contribution in [0.15, 0.2) is 31.2 Å². The third-order valence-corrected chi connectivity index (χ3v) is 1.95. The lowest BCUT2D eigenvalue weighted by Gasteiger charge is -2.21. The van der Waals surface area contributed by atoms with Crippen LogP contribution in [0.25, 0.3) is 0 Å². The van der Waals surface area contributed by atoms with E-state index in [1.165, 1.54) is 0 Å². The van der Waals surface area contributed by atoms with E-state index >= 15 is 0 Å². The highest BCUT2D eigenvalue weighted by Crippen LogP contribution is 2.22. The fourth-order valence-electron chi connectivity index (χ4n) is 1.09. The minimum atomic E-state index is -0.900. The first-order chi connectivity index (χ1) is 6.17. The Balaban J connectivity index is 2.74. The number of allylic oxidation sites excluding steroid dienone is 1. The zero-order valence-corrected chi connectivity index (χ0v) is 7.77. The average Bonchev–Trinajstić information content (AvgIpc) is 2.16. The predicted molar refractivity (Wildman–Crippen MR) is 51.0 cm³/mol. The topological polar surface area (TPSA) is 46.0 Å². The van der Waals surface area contributed by atoms with Crippen LogP contribution in [0.4, 0.5) is 0 Å². The molecular formula is C10H14N2O. The van der Waals surface area contributed by atoms with Crippen LogP contribution in [0, 0.1) is 0 Å². The van der Waals surface area contributed by atoms with E-state index in [1.54, 1.807) is 31.6 Å². The maximum absolute atomic E-state index is 9.97. The molecule has 0 aliphatic rings. The quantitative estimate of drug-likeness (QED) is 0.713. The van der Waals surface area contributed by atoms with Gasteiger partial charge in [-0.05, 0) is 19.8 Å². The molecule has 1 heterocycles. The summed E-state index contributed by atoms with van der Waals surface area (Å²) in [5.74, 6) is 0. The van der Waals surface area contributed by atoms with Gasteiger partial charge in [0.25, 0.3) is 0 Å². The zero-order valence-electron chi connectivity index (χ0n) is 7.77. The SMILES string of the molecule is C=CCCC(C)(O)c1cnccn1. The summed E-state index contributed by atoms with van der Waals surface area (Å²) in [6.45, 7) is 5.35. The van der Waals surface area contributed by atoms with Crippen molar-refractivity contribution in [1.29, 1.82) is 0 Å². The second-order valence-electron chi connectivity index (χ2n) is 3.19. The summed E-state index contributed by atoms with van der Waals surface area (Å²) in [6.07, 6.45) is 7.93. The number of hydrogen-bond acceptors (Lipinski definition) is 3. The van der Waals surface area contributed by atoms with E-state index in [9.17, 15) is 5.11 Å². The molecule has 0 saturated carbocycles. The molecule has 3 nitrogen and oxygen atoms in total. The van der Waals surface area contributed by atoms with Crippen LogP contribution in [0.3, 0.4) is 0 Å². The molecule has 1 N–H and O–H groups in total. The lowest BCUT2D eigenvalue weighted by atomic mass is 9.97. The Labute approximate surface area is 78.2 Å². The Hall–Kier alpha value is -1.22. The normalized spacial score (nSPS) is 14.9. The van der Waals surface area contributed by atoms with Gasteiger partial charge in [-0.2, -0.15) is 0 Å². The minimum absolute atomic E-state index is 0.608. The third kappa shape index (κ3) is 2.63. The van der Waals surface area contributed by atoms with Crippen LogP contribution < -0.4 is 0 Å². The highest BCUT2D eigenvalue weighted by Gasteiger charge is 2.23. The Morgan fingerprint density at radius 2 is 2.38 bits per heavy atom. The molecule has 1 aromatic heterocycles. The predicted octanol–water partition coefficient (Wildman–Crippen LogP) is 1.65. The molecule has 0 bridgehead atoms. The summed E-state index contributed by atoms with van der Waals surface area (Å²) in [5.41, 5.74) is -0.292. The molecule has 1 atom stereocenters. The monoisotopic (exact) mass is 178 g/mol. The van der Waals surface area contributed by atoms with Gasteiger partial charge in [0, 0.05) is 12.4 Å². The van der Waals surface area contributed by atoms with E-state index in [4.69, 9.17) is 0 Å². The second-order valence-corrected chi connectivity index (χ2v) is 3.19. The van der Waals surface area contributed by atoms with E-state index in [-0.39, 0.29) is 0 Å². The standard InChI is InChI=1S/C10H14N2O/c1-3-4-5-10(2,13)9-8-11-6-7-12-9/h3,6-8,13H,1,4-5H2,2H3. The van der Waals surface area contributed by atoms with Gasteiger partial charge in [-0.25, -0.2) is 0 Å². The first kappa shape index (κ1) is 9.86. The summed E-state index contributed by atoms with van der Waals surface area (Å²) in [4.78, 5) is 7.97. The van der Waals surface area contributed by atoms with Gasteiger partial charge in [-0.1, -0.05) is 6.08 Å². The number of aromatic nitrogens is 2. The van der Waals surface area contributed by atoms with Gasteiger partial charge >= 0.3 is 0 Å². The molecule has 0 aliphatic heterocycles. The van der Waals surface area contributed by atoms with Crippen LogP contribution in [0.2, 0.25) is 0 Å². The number of aliphatic hydroxyl groups is 1. The van der Waals surface area contributed by atoms with Crippen molar-refractivity contribution in [2.24, 2.45) is 0 Å². The molecule has 0 radical (unpaired) electrons. The molecule has 0 aromatic carbocycles. The van der Waals surface area contributed by atoms with Crippen molar-refractivity contribution in [2.75, 3.05) is 0 Å². The van der Waals surface area contributed by atoms with Gasteiger partial charge in [0.2, 0.25) is 0 Å². The van der Waals surface area contributed by atoms with Gasteiger partial charge < -0.3 is 5.11 Å². The lowest BCUT2D eigenvalue weighted by molar-refractivity contribution is 0.0439. The van der Waals surface area contributed by atoms with Crippen LogP contribution in [-0.2, 0) is 5.60 Å². The first-order valence-electron chi connectivity index (χ1n) is 4.26. The average molecular weight is 178 g/mol. The molecule has 0 spiro atoms. The molecule has 1 aromatic rings. The Morgan fingerprint density at radius 3 is 2.92 bits per heavy atom. The van der Waals surface area contributed by atoms with Crippen molar-refractivity contribution in [1.82, 2.24) is 9.97 Å².